The van der Waals surface area contributed by atoms with Gasteiger partial charge >= 0.3 is 0 Å². The predicted molar refractivity (Wildman–Crippen MR) is 85.2 cm³/mol. The first-order chi connectivity index (χ1) is 9.69. The zero-order valence-corrected chi connectivity index (χ0v) is 12.6. The maximum Gasteiger partial charge on any atom is 0.147 e. The van der Waals surface area contributed by atoms with Crippen molar-refractivity contribution in [3.63, 3.8) is 0 Å². The molecule has 104 valence electrons. The first-order valence-electron chi connectivity index (χ1n) is 6.54. The third-order valence-electron chi connectivity index (χ3n) is 3.64. The molecule has 0 spiro atoms. The van der Waals surface area contributed by atoms with E-state index in [1.807, 2.05) is 0 Å². The topological polar surface area (TPSA) is 37.0 Å². The predicted octanol–water partition coefficient (Wildman–Crippen LogP) is 4.18. The molecule has 0 saturated carbocycles. The molecule has 0 radical (unpaired) electrons. The second-order valence-corrected chi connectivity index (χ2v) is 5.69. The van der Waals surface area contributed by atoms with Gasteiger partial charge in [-0.3, -0.25) is 0 Å². The Labute approximate surface area is 128 Å². The molecule has 0 saturated heterocycles. The number of halogens is 2. The van der Waals surface area contributed by atoms with Crippen molar-refractivity contribution >= 4 is 34.8 Å². The van der Waals surface area contributed by atoms with Gasteiger partial charge in [-0.05, 0) is 23.6 Å². The summed E-state index contributed by atoms with van der Waals surface area (Å²) in [5.74, 6) is 1.83. The van der Waals surface area contributed by atoms with Crippen LogP contribution < -0.4 is 10.6 Å². The number of fused-ring (bicyclic) bond motifs is 1. The molecular formula is C15H15Cl2N3. The lowest BCUT2D eigenvalue weighted by Crippen LogP contribution is -2.24. The normalized spacial score (nSPS) is 16.2. The minimum absolute atomic E-state index is 0.525. The van der Waals surface area contributed by atoms with Gasteiger partial charge in [-0.2, -0.15) is 0 Å². The standard InChI is InChI=1S/C15H15Cl2N3/c1-18-14-12(16)7-13(17)15(20-14)19-8-10-6-9-4-2-3-5-11(9)10/h2-5,7,10H,6,8H2,1H3,(H2,18,19,20). The van der Waals surface area contributed by atoms with Crippen molar-refractivity contribution in [1.82, 2.24) is 4.98 Å². The number of hydrogen-bond donors (Lipinski definition) is 2. The molecule has 3 rings (SSSR count). The summed E-state index contributed by atoms with van der Waals surface area (Å²) in [5, 5.41) is 7.34. The van der Waals surface area contributed by atoms with Crippen LogP contribution in [0.15, 0.2) is 30.3 Å². The van der Waals surface area contributed by atoms with Crippen LogP contribution in [0.4, 0.5) is 11.6 Å². The molecular weight excluding hydrogens is 293 g/mol. The van der Waals surface area contributed by atoms with E-state index in [1.165, 1.54) is 11.1 Å². The van der Waals surface area contributed by atoms with Gasteiger partial charge in [-0.15, -0.1) is 0 Å². The highest BCUT2D eigenvalue weighted by Crippen LogP contribution is 2.35. The molecule has 1 heterocycles. The zero-order valence-electron chi connectivity index (χ0n) is 11.1. The summed E-state index contributed by atoms with van der Waals surface area (Å²) < 4.78 is 0. The molecule has 1 aliphatic carbocycles. The van der Waals surface area contributed by atoms with E-state index in [1.54, 1.807) is 13.1 Å². The largest absolute Gasteiger partial charge is 0.372 e. The third-order valence-corrected chi connectivity index (χ3v) is 4.22. The molecule has 2 aromatic rings. The number of hydrogen-bond acceptors (Lipinski definition) is 3. The van der Waals surface area contributed by atoms with Gasteiger partial charge in [0.05, 0.1) is 10.0 Å². The van der Waals surface area contributed by atoms with Crippen LogP contribution in [0, 0.1) is 0 Å². The maximum absolute atomic E-state index is 6.17. The minimum Gasteiger partial charge on any atom is -0.372 e. The van der Waals surface area contributed by atoms with Crippen molar-refractivity contribution in [1.29, 1.82) is 0 Å². The second kappa shape index (κ2) is 5.51. The minimum atomic E-state index is 0.525. The third kappa shape index (κ3) is 2.43. The summed E-state index contributed by atoms with van der Waals surface area (Å²) in [4.78, 5) is 4.39. The average molecular weight is 308 g/mol. The quantitative estimate of drug-likeness (QED) is 0.889. The van der Waals surface area contributed by atoms with Crippen molar-refractivity contribution in [3.8, 4) is 0 Å². The molecule has 0 fully saturated rings. The van der Waals surface area contributed by atoms with E-state index in [0.717, 1.165) is 13.0 Å². The Balaban J connectivity index is 1.71. The molecule has 1 atom stereocenters. The van der Waals surface area contributed by atoms with E-state index in [2.05, 4.69) is 39.9 Å². The molecule has 0 amide bonds. The molecule has 2 N–H and O–H groups in total. The van der Waals surface area contributed by atoms with Crippen molar-refractivity contribution in [2.24, 2.45) is 0 Å². The van der Waals surface area contributed by atoms with E-state index in [9.17, 15) is 0 Å². The second-order valence-electron chi connectivity index (χ2n) is 4.88. The molecule has 0 aliphatic heterocycles. The van der Waals surface area contributed by atoms with Crippen LogP contribution >= 0.6 is 23.2 Å². The Bertz CT molecular complexity index is 643. The summed E-state index contributed by atoms with van der Waals surface area (Å²) >= 11 is 12.2. The fourth-order valence-corrected chi connectivity index (χ4v) is 3.05. The molecule has 1 aliphatic rings. The van der Waals surface area contributed by atoms with Crippen LogP contribution in [0.2, 0.25) is 10.0 Å². The maximum atomic E-state index is 6.17. The van der Waals surface area contributed by atoms with E-state index < -0.39 is 0 Å². The van der Waals surface area contributed by atoms with Crippen molar-refractivity contribution < 1.29 is 0 Å². The van der Waals surface area contributed by atoms with Crippen LogP contribution in [0.25, 0.3) is 0 Å². The monoisotopic (exact) mass is 307 g/mol. The van der Waals surface area contributed by atoms with Crippen LogP contribution in [0.5, 0.6) is 0 Å². The molecule has 1 aromatic heterocycles. The molecule has 1 aromatic carbocycles. The number of nitrogens with one attached hydrogen (secondary N) is 2. The van der Waals surface area contributed by atoms with Gasteiger partial charge in [0.1, 0.15) is 11.6 Å². The van der Waals surface area contributed by atoms with Crippen molar-refractivity contribution in [2.45, 2.75) is 12.3 Å². The van der Waals surface area contributed by atoms with E-state index in [-0.39, 0.29) is 0 Å². The number of nitrogens with zero attached hydrogens (tertiary/aromatic N) is 1. The van der Waals surface area contributed by atoms with Crippen molar-refractivity contribution in [3.05, 3.63) is 51.5 Å². The van der Waals surface area contributed by atoms with Crippen LogP contribution in [0.3, 0.4) is 0 Å². The SMILES string of the molecule is CNc1nc(NCC2Cc3ccccc32)c(Cl)cc1Cl. The van der Waals surface area contributed by atoms with Gasteiger partial charge in [0.2, 0.25) is 0 Å². The number of benzene rings is 1. The summed E-state index contributed by atoms with van der Waals surface area (Å²) in [7, 11) is 1.79. The van der Waals surface area contributed by atoms with Gasteiger partial charge in [0.15, 0.2) is 0 Å². The smallest absolute Gasteiger partial charge is 0.147 e. The van der Waals surface area contributed by atoms with E-state index >= 15 is 0 Å². The first kappa shape index (κ1) is 13.5. The van der Waals surface area contributed by atoms with Crippen LogP contribution in [-0.4, -0.2) is 18.6 Å². The zero-order chi connectivity index (χ0) is 14.1. The number of rotatable bonds is 4. The Hall–Kier alpha value is -1.45. The van der Waals surface area contributed by atoms with Gasteiger partial charge < -0.3 is 10.6 Å². The number of aromatic nitrogens is 1. The highest BCUT2D eigenvalue weighted by Gasteiger charge is 2.25. The van der Waals surface area contributed by atoms with Gasteiger partial charge in [0.25, 0.3) is 0 Å². The Kier molecular flexibility index (Phi) is 3.72. The Morgan fingerprint density at radius 3 is 2.70 bits per heavy atom. The van der Waals surface area contributed by atoms with Crippen LogP contribution in [-0.2, 0) is 6.42 Å². The summed E-state index contributed by atoms with van der Waals surface area (Å²) in [6.07, 6.45) is 1.10. The summed E-state index contributed by atoms with van der Waals surface area (Å²) in [6, 6.07) is 10.2. The van der Waals surface area contributed by atoms with Gasteiger partial charge in [-0.25, -0.2) is 4.98 Å². The highest BCUT2D eigenvalue weighted by atomic mass is 35.5. The number of pyridine rings is 1. The van der Waals surface area contributed by atoms with Gasteiger partial charge in [0, 0.05) is 19.5 Å². The molecule has 5 heteroatoms. The lowest BCUT2D eigenvalue weighted by Gasteiger charge is -2.30. The fraction of sp³-hybridized carbons (Fsp3) is 0.267. The summed E-state index contributed by atoms with van der Waals surface area (Å²) in [6.45, 7) is 0.828. The van der Waals surface area contributed by atoms with Gasteiger partial charge in [-0.1, -0.05) is 47.5 Å². The molecule has 3 nitrogen and oxygen atoms in total. The average Bonchev–Trinajstić information content (AvgIpc) is 2.42. The summed E-state index contributed by atoms with van der Waals surface area (Å²) in [5.41, 5.74) is 2.85. The molecule has 0 bridgehead atoms. The molecule has 20 heavy (non-hydrogen) atoms. The van der Waals surface area contributed by atoms with Crippen molar-refractivity contribution in [2.75, 3.05) is 24.2 Å². The molecule has 1 unspecified atom stereocenters. The van der Waals surface area contributed by atoms with Crippen LogP contribution in [0.1, 0.15) is 17.0 Å². The van der Waals surface area contributed by atoms with E-state index in [0.29, 0.717) is 27.6 Å². The Morgan fingerprint density at radius 2 is 1.95 bits per heavy atom. The highest BCUT2D eigenvalue weighted by molar-refractivity contribution is 6.37. The van der Waals surface area contributed by atoms with E-state index in [4.69, 9.17) is 23.2 Å². The fourth-order valence-electron chi connectivity index (χ4n) is 2.53. The Morgan fingerprint density at radius 1 is 1.20 bits per heavy atom. The lowest BCUT2D eigenvalue weighted by atomic mass is 9.77. The lowest BCUT2D eigenvalue weighted by molar-refractivity contribution is 0.635. The number of anilines is 2. The first-order valence-corrected chi connectivity index (χ1v) is 7.30.